The van der Waals surface area contributed by atoms with Gasteiger partial charge in [0.05, 0.1) is 29.3 Å². The standard InChI is InChI=1S/C24H19N5O2/c1-17-21(16-26-29(17)19-6-3-2-4-7-19)24(30)27-18-9-11-20(12-10-18)31-23-8-5-15-28-22(23)13-14-25-28/h2-16H,1H3,(H,27,30). The third-order valence-corrected chi connectivity index (χ3v) is 4.99. The highest BCUT2D eigenvalue weighted by molar-refractivity contribution is 6.05. The first kappa shape index (κ1) is 18.6. The van der Waals surface area contributed by atoms with Crippen molar-refractivity contribution in [2.75, 3.05) is 5.32 Å². The van der Waals surface area contributed by atoms with E-state index in [1.54, 1.807) is 33.7 Å². The zero-order valence-corrected chi connectivity index (χ0v) is 16.8. The van der Waals surface area contributed by atoms with Crippen LogP contribution in [0.5, 0.6) is 11.5 Å². The molecule has 7 nitrogen and oxygen atoms in total. The summed E-state index contributed by atoms with van der Waals surface area (Å²) in [6, 6.07) is 22.6. The maximum Gasteiger partial charge on any atom is 0.259 e. The zero-order valence-electron chi connectivity index (χ0n) is 16.8. The topological polar surface area (TPSA) is 73.4 Å². The first-order valence-corrected chi connectivity index (χ1v) is 9.81. The van der Waals surface area contributed by atoms with Crippen molar-refractivity contribution in [3.05, 3.63) is 103 Å². The minimum Gasteiger partial charge on any atom is -0.455 e. The molecule has 0 spiro atoms. The molecular formula is C24H19N5O2. The third-order valence-electron chi connectivity index (χ3n) is 4.99. The molecule has 0 aliphatic heterocycles. The average Bonchev–Trinajstić information content (AvgIpc) is 3.43. The SMILES string of the molecule is Cc1c(C(=O)Nc2ccc(Oc3cccn4nccc34)cc2)cnn1-c1ccccc1. The van der Waals surface area contributed by atoms with E-state index in [-0.39, 0.29) is 5.91 Å². The molecule has 3 aromatic heterocycles. The minimum absolute atomic E-state index is 0.211. The molecule has 0 unspecified atom stereocenters. The van der Waals surface area contributed by atoms with Crippen molar-refractivity contribution >= 4 is 17.1 Å². The number of aromatic nitrogens is 4. The highest BCUT2D eigenvalue weighted by Gasteiger charge is 2.15. The quantitative estimate of drug-likeness (QED) is 0.449. The Morgan fingerprint density at radius 1 is 0.935 bits per heavy atom. The number of para-hydroxylation sites is 1. The van der Waals surface area contributed by atoms with Gasteiger partial charge in [0.15, 0.2) is 5.75 Å². The van der Waals surface area contributed by atoms with Crippen LogP contribution in [0.3, 0.4) is 0 Å². The second kappa shape index (κ2) is 7.79. The summed E-state index contributed by atoms with van der Waals surface area (Å²) < 4.78 is 9.48. The Bertz CT molecular complexity index is 1350. The van der Waals surface area contributed by atoms with E-state index in [0.29, 0.717) is 22.7 Å². The van der Waals surface area contributed by atoms with Crippen LogP contribution in [0.2, 0.25) is 0 Å². The van der Waals surface area contributed by atoms with Gasteiger partial charge in [-0.25, -0.2) is 9.20 Å². The maximum atomic E-state index is 12.8. The van der Waals surface area contributed by atoms with E-state index < -0.39 is 0 Å². The van der Waals surface area contributed by atoms with Gasteiger partial charge < -0.3 is 10.1 Å². The van der Waals surface area contributed by atoms with Gasteiger partial charge in [0.25, 0.3) is 5.91 Å². The van der Waals surface area contributed by atoms with Gasteiger partial charge in [-0.2, -0.15) is 10.2 Å². The number of hydrogen-bond acceptors (Lipinski definition) is 4. The monoisotopic (exact) mass is 409 g/mol. The molecule has 0 aliphatic carbocycles. The van der Waals surface area contributed by atoms with Gasteiger partial charge in [-0.15, -0.1) is 0 Å². The highest BCUT2D eigenvalue weighted by Crippen LogP contribution is 2.27. The van der Waals surface area contributed by atoms with Crippen LogP contribution in [0.15, 0.2) is 91.4 Å². The molecule has 31 heavy (non-hydrogen) atoms. The zero-order chi connectivity index (χ0) is 21.2. The number of pyridine rings is 1. The lowest BCUT2D eigenvalue weighted by atomic mass is 10.2. The lowest BCUT2D eigenvalue weighted by molar-refractivity contribution is 0.102. The van der Waals surface area contributed by atoms with E-state index >= 15 is 0 Å². The number of ether oxygens (including phenoxy) is 1. The molecule has 0 saturated carbocycles. The van der Waals surface area contributed by atoms with Gasteiger partial charge in [-0.1, -0.05) is 18.2 Å². The fourth-order valence-corrected chi connectivity index (χ4v) is 3.41. The molecule has 5 aromatic rings. The molecule has 7 heteroatoms. The average molecular weight is 409 g/mol. The Hall–Kier alpha value is -4.39. The number of amides is 1. The molecule has 0 aliphatic rings. The van der Waals surface area contributed by atoms with Gasteiger partial charge in [0.2, 0.25) is 0 Å². The Morgan fingerprint density at radius 3 is 2.55 bits per heavy atom. The number of benzene rings is 2. The molecule has 2 aromatic carbocycles. The summed E-state index contributed by atoms with van der Waals surface area (Å²) in [4.78, 5) is 12.8. The van der Waals surface area contributed by atoms with Crippen molar-refractivity contribution in [2.45, 2.75) is 6.92 Å². The van der Waals surface area contributed by atoms with Crippen LogP contribution in [-0.2, 0) is 0 Å². The Morgan fingerprint density at radius 2 is 1.74 bits per heavy atom. The number of nitrogens with one attached hydrogen (secondary N) is 1. The molecule has 0 atom stereocenters. The molecule has 0 bridgehead atoms. The van der Waals surface area contributed by atoms with Gasteiger partial charge >= 0.3 is 0 Å². The van der Waals surface area contributed by atoms with Crippen LogP contribution in [0.25, 0.3) is 11.2 Å². The van der Waals surface area contributed by atoms with Crippen LogP contribution < -0.4 is 10.1 Å². The van der Waals surface area contributed by atoms with Crippen LogP contribution in [0, 0.1) is 6.92 Å². The fourth-order valence-electron chi connectivity index (χ4n) is 3.41. The predicted molar refractivity (Wildman–Crippen MR) is 118 cm³/mol. The van der Waals surface area contributed by atoms with Crippen molar-refractivity contribution in [3.8, 4) is 17.2 Å². The second-order valence-corrected chi connectivity index (χ2v) is 7.01. The number of anilines is 1. The number of nitrogens with zero attached hydrogens (tertiary/aromatic N) is 4. The summed E-state index contributed by atoms with van der Waals surface area (Å²) in [7, 11) is 0. The van der Waals surface area contributed by atoms with Crippen LogP contribution in [0.4, 0.5) is 5.69 Å². The number of fused-ring (bicyclic) bond motifs is 1. The van der Waals surface area contributed by atoms with E-state index in [1.165, 1.54) is 0 Å². The van der Waals surface area contributed by atoms with Crippen molar-refractivity contribution in [1.82, 2.24) is 19.4 Å². The number of carbonyl (C=O) groups excluding carboxylic acids is 1. The molecule has 0 fully saturated rings. The van der Waals surface area contributed by atoms with E-state index in [2.05, 4.69) is 15.5 Å². The summed E-state index contributed by atoms with van der Waals surface area (Å²) in [5.74, 6) is 1.17. The summed E-state index contributed by atoms with van der Waals surface area (Å²) >= 11 is 0. The highest BCUT2D eigenvalue weighted by atomic mass is 16.5. The molecule has 3 heterocycles. The van der Waals surface area contributed by atoms with Crippen molar-refractivity contribution < 1.29 is 9.53 Å². The second-order valence-electron chi connectivity index (χ2n) is 7.01. The molecule has 0 saturated heterocycles. The van der Waals surface area contributed by atoms with Gasteiger partial charge in [0, 0.05) is 11.9 Å². The van der Waals surface area contributed by atoms with Gasteiger partial charge in [-0.05, 0) is 61.5 Å². The summed E-state index contributed by atoms with van der Waals surface area (Å²) in [5, 5.41) is 11.5. The lowest BCUT2D eigenvalue weighted by Gasteiger charge is -2.09. The van der Waals surface area contributed by atoms with Crippen molar-refractivity contribution in [1.29, 1.82) is 0 Å². The van der Waals surface area contributed by atoms with Crippen molar-refractivity contribution in [3.63, 3.8) is 0 Å². The largest absolute Gasteiger partial charge is 0.455 e. The van der Waals surface area contributed by atoms with E-state index in [9.17, 15) is 4.79 Å². The maximum absolute atomic E-state index is 12.8. The van der Waals surface area contributed by atoms with E-state index in [0.717, 1.165) is 16.9 Å². The number of hydrogen-bond donors (Lipinski definition) is 1. The van der Waals surface area contributed by atoms with Gasteiger partial charge in [0.1, 0.15) is 11.3 Å². The Kier molecular flexibility index (Phi) is 4.68. The first-order chi connectivity index (χ1) is 15.2. The van der Waals surface area contributed by atoms with Gasteiger partial charge in [-0.3, -0.25) is 4.79 Å². The summed E-state index contributed by atoms with van der Waals surface area (Å²) in [5.41, 5.74) is 3.76. The predicted octanol–water partition coefficient (Wildman–Crippen LogP) is 4.87. The van der Waals surface area contributed by atoms with Crippen molar-refractivity contribution in [2.24, 2.45) is 0 Å². The van der Waals surface area contributed by atoms with Crippen LogP contribution in [-0.4, -0.2) is 25.3 Å². The molecule has 5 rings (SSSR count). The Labute approximate surface area is 178 Å². The minimum atomic E-state index is -0.211. The third kappa shape index (κ3) is 3.64. The first-order valence-electron chi connectivity index (χ1n) is 9.81. The Balaban J connectivity index is 1.30. The van der Waals surface area contributed by atoms with Crippen LogP contribution >= 0.6 is 0 Å². The normalized spacial score (nSPS) is 10.9. The van der Waals surface area contributed by atoms with Crippen LogP contribution in [0.1, 0.15) is 16.1 Å². The molecule has 152 valence electrons. The lowest BCUT2D eigenvalue weighted by Crippen LogP contribution is -2.13. The van der Waals surface area contributed by atoms with E-state index in [1.807, 2.05) is 73.8 Å². The smallest absolute Gasteiger partial charge is 0.259 e. The molecule has 1 N–H and O–H groups in total. The molecular weight excluding hydrogens is 390 g/mol. The number of rotatable bonds is 5. The molecule has 0 radical (unpaired) electrons. The fraction of sp³-hybridized carbons (Fsp3) is 0.0417. The summed E-state index contributed by atoms with van der Waals surface area (Å²) in [6.45, 7) is 1.88. The summed E-state index contributed by atoms with van der Waals surface area (Å²) in [6.07, 6.45) is 5.17. The number of carbonyl (C=O) groups is 1. The van der Waals surface area contributed by atoms with E-state index in [4.69, 9.17) is 4.74 Å². The molecule has 1 amide bonds.